The Balaban J connectivity index is 1.83. The first-order valence-corrected chi connectivity index (χ1v) is 6.39. The maximum atomic E-state index is 13.3. The lowest BCUT2D eigenvalue weighted by Crippen LogP contribution is -2.37. The molecule has 1 saturated carbocycles. The molecule has 0 radical (unpaired) electrons. The van der Waals surface area contributed by atoms with Crippen molar-refractivity contribution in [3.05, 3.63) is 35.4 Å². The summed E-state index contributed by atoms with van der Waals surface area (Å²) >= 11 is 0. The minimum absolute atomic E-state index is 0.0451. The van der Waals surface area contributed by atoms with Crippen LogP contribution < -0.4 is 5.32 Å². The van der Waals surface area contributed by atoms with Crippen LogP contribution in [0.5, 0.6) is 0 Å². The van der Waals surface area contributed by atoms with Gasteiger partial charge in [-0.3, -0.25) is 4.79 Å². The van der Waals surface area contributed by atoms with Crippen LogP contribution in [-0.4, -0.2) is 24.5 Å². The highest BCUT2D eigenvalue weighted by Crippen LogP contribution is 2.32. The molecular weight excluding hydrogens is 268 g/mol. The molecule has 1 aliphatic rings. The number of hydrogen-bond acceptors (Lipinski definition) is 3. The second-order valence-electron chi connectivity index (χ2n) is 4.89. The predicted octanol–water partition coefficient (Wildman–Crippen LogP) is 2.04. The highest BCUT2D eigenvalue weighted by atomic mass is 19.1. The van der Waals surface area contributed by atoms with Crippen molar-refractivity contribution in [2.24, 2.45) is 5.92 Å². The van der Waals surface area contributed by atoms with Crippen molar-refractivity contribution >= 4 is 11.9 Å². The van der Waals surface area contributed by atoms with Crippen molar-refractivity contribution in [3.63, 3.8) is 0 Å². The standard InChI is InChI=1S/C14H15F2NO3/c1-8(9-2-3-9)17-13(18)7-20-14(19)11-5-4-10(15)6-12(11)16/h4-6,8-9H,2-3,7H2,1H3,(H,17,18)/t8-/m0/s1. The van der Waals surface area contributed by atoms with Gasteiger partial charge in [-0.05, 0) is 37.8 Å². The lowest BCUT2D eigenvalue weighted by atomic mass is 10.2. The van der Waals surface area contributed by atoms with E-state index < -0.39 is 35.7 Å². The summed E-state index contributed by atoms with van der Waals surface area (Å²) in [6.45, 7) is 1.41. The van der Waals surface area contributed by atoms with Crippen LogP contribution in [0.25, 0.3) is 0 Å². The summed E-state index contributed by atoms with van der Waals surface area (Å²) in [5.41, 5.74) is -0.394. The van der Waals surface area contributed by atoms with Gasteiger partial charge in [0.2, 0.25) is 0 Å². The van der Waals surface area contributed by atoms with E-state index in [4.69, 9.17) is 4.74 Å². The molecule has 108 valence electrons. The molecule has 2 rings (SSSR count). The summed E-state index contributed by atoms with van der Waals surface area (Å²) in [5.74, 6) is -2.72. The van der Waals surface area contributed by atoms with E-state index in [2.05, 4.69) is 5.32 Å². The first-order chi connectivity index (χ1) is 9.47. The highest BCUT2D eigenvalue weighted by molar-refractivity contribution is 5.91. The average Bonchev–Trinajstić information content (AvgIpc) is 3.20. The predicted molar refractivity (Wildman–Crippen MR) is 67.0 cm³/mol. The van der Waals surface area contributed by atoms with Crippen LogP contribution in [0.1, 0.15) is 30.1 Å². The largest absolute Gasteiger partial charge is 0.452 e. The third-order valence-electron chi connectivity index (χ3n) is 3.20. The van der Waals surface area contributed by atoms with Gasteiger partial charge in [-0.25, -0.2) is 13.6 Å². The number of nitrogens with one attached hydrogen (secondary N) is 1. The second-order valence-corrected chi connectivity index (χ2v) is 4.89. The minimum atomic E-state index is -1.01. The molecular formula is C14H15F2NO3. The summed E-state index contributed by atoms with van der Waals surface area (Å²) in [5, 5.41) is 2.70. The molecule has 0 heterocycles. The van der Waals surface area contributed by atoms with E-state index in [0.29, 0.717) is 12.0 Å². The zero-order valence-corrected chi connectivity index (χ0v) is 11.0. The lowest BCUT2D eigenvalue weighted by molar-refractivity contribution is -0.125. The zero-order valence-electron chi connectivity index (χ0n) is 11.0. The van der Waals surface area contributed by atoms with Crippen LogP contribution in [-0.2, 0) is 9.53 Å². The topological polar surface area (TPSA) is 55.4 Å². The van der Waals surface area contributed by atoms with E-state index in [-0.39, 0.29) is 6.04 Å². The molecule has 0 spiro atoms. The fraction of sp³-hybridized carbons (Fsp3) is 0.429. The highest BCUT2D eigenvalue weighted by Gasteiger charge is 2.29. The summed E-state index contributed by atoms with van der Waals surface area (Å²) in [6.07, 6.45) is 2.17. The maximum absolute atomic E-state index is 13.3. The molecule has 1 atom stereocenters. The molecule has 0 aromatic heterocycles. The summed E-state index contributed by atoms with van der Waals surface area (Å²) < 4.78 is 30.7. The Bertz CT molecular complexity index is 529. The van der Waals surface area contributed by atoms with Crippen molar-refractivity contribution in [2.45, 2.75) is 25.8 Å². The number of halogens is 2. The van der Waals surface area contributed by atoms with Crippen molar-refractivity contribution < 1.29 is 23.1 Å². The van der Waals surface area contributed by atoms with Gasteiger partial charge in [0.05, 0.1) is 5.56 Å². The number of carbonyl (C=O) groups excluding carboxylic acids is 2. The third kappa shape index (κ3) is 3.76. The number of carbonyl (C=O) groups is 2. The molecule has 0 aliphatic heterocycles. The molecule has 1 aliphatic carbocycles. The molecule has 1 fully saturated rings. The smallest absolute Gasteiger partial charge is 0.341 e. The minimum Gasteiger partial charge on any atom is -0.452 e. The number of rotatable bonds is 5. The third-order valence-corrected chi connectivity index (χ3v) is 3.20. The number of ether oxygens (including phenoxy) is 1. The second kappa shape index (κ2) is 5.98. The van der Waals surface area contributed by atoms with Crippen LogP contribution in [0.4, 0.5) is 8.78 Å². The van der Waals surface area contributed by atoms with Crippen molar-refractivity contribution in [1.82, 2.24) is 5.32 Å². The number of amides is 1. The molecule has 1 amide bonds. The van der Waals surface area contributed by atoms with Gasteiger partial charge >= 0.3 is 5.97 Å². The molecule has 6 heteroatoms. The SMILES string of the molecule is C[C@H](NC(=O)COC(=O)c1ccc(F)cc1F)C1CC1. The Morgan fingerprint density at radius 1 is 1.40 bits per heavy atom. The normalized spacial score (nSPS) is 15.6. The van der Waals surface area contributed by atoms with Crippen LogP contribution in [0.3, 0.4) is 0 Å². The van der Waals surface area contributed by atoms with E-state index in [0.717, 1.165) is 25.0 Å². The van der Waals surface area contributed by atoms with Gasteiger partial charge in [0.25, 0.3) is 5.91 Å². The molecule has 0 bridgehead atoms. The molecule has 4 nitrogen and oxygen atoms in total. The first kappa shape index (κ1) is 14.4. The number of hydrogen-bond donors (Lipinski definition) is 1. The average molecular weight is 283 g/mol. The number of benzene rings is 1. The van der Waals surface area contributed by atoms with Gasteiger partial charge in [0, 0.05) is 12.1 Å². The maximum Gasteiger partial charge on any atom is 0.341 e. The number of esters is 1. The van der Waals surface area contributed by atoms with Crippen molar-refractivity contribution in [3.8, 4) is 0 Å². The summed E-state index contributed by atoms with van der Waals surface area (Å²) in [7, 11) is 0. The molecule has 1 aromatic carbocycles. The van der Waals surface area contributed by atoms with Gasteiger partial charge in [0.15, 0.2) is 6.61 Å². The summed E-state index contributed by atoms with van der Waals surface area (Å²) in [4.78, 5) is 23.1. The van der Waals surface area contributed by atoms with Gasteiger partial charge in [-0.15, -0.1) is 0 Å². The van der Waals surface area contributed by atoms with Gasteiger partial charge in [-0.2, -0.15) is 0 Å². The Hall–Kier alpha value is -1.98. The Morgan fingerprint density at radius 3 is 2.70 bits per heavy atom. The molecule has 0 saturated heterocycles. The molecule has 20 heavy (non-hydrogen) atoms. The fourth-order valence-corrected chi connectivity index (χ4v) is 1.87. The fourth-order valence-electron chi connectivity index (χ4n) is 1.87. The molecule has 1 aromatic rings. The molecule has 0 unspecified atom stereocenters. The zero-order chi connectivity index (χ0) is 14.7. The Labute approximate surface area is 115 Å². The lowest BCUT2D eigenvalue weighted by Gasteiger charge is -2.12. The van der Waals surface area contributed by atoms with E-state index >= 15 is 0 Å². The monoisotopic (exact) mass is 283 g/mol. The van der Waals surface area contributed by atoms with E-state index in [9.17, 15) is 18.4 Å². The molecule has 1 N–H and O–H groups in total. The van der Waals surface area contributed by atoms with Crippen LogP contribution in [0.15, 0.2) is 18.2 Å². The Morgan fingerprint density at radius 2 is 2.10 bits per heavy atom. The van der Waals surface area contributed by atoms with Gasteiger partial charge in [-0.1, -0.05) is 0 Å². The van der Waals surface area contributed by atoms with E-state index in [1.807, 2.05) is 6.92 Å². The van der Waals surface area contributed by atoms with Crippen LogP contribution >= 0.6 is 0 Å². The quantitative estimate of drug-likeness (QED) is 0.841. The van der Waals surface area contributed by atoms with Gasteiger partial charge in [0.1, 0.15) is 11.6 Å². The van der Waals surface area contributed by atoms with Crippen LogP contribution in [0.2, 0.25) is 0 Å². The van der Waals surface area contributed by atoms with Gasteiger partial charge < -0.3 is 10.1 Å². The van der Waals surface area contributed by atoms with Crippen LogP contribution in [0, 0.1) is 17.6 Å². The Kier molecular flexibility index (Phi) is 4.32. The first-order valence-electron chi connectivity index (χ1n) is 6.39. The van der Waals surface area contributed by atoms with E-state index in [1.165, 1.54) is 0 Å². The summed E-state index contributed by atoms with van der Waals surface area (Å²) in [6, 6.07) is 2.57. The van der Waals surface area contributed by atoms with E-state index in [1.54, 1.807) is 0 Å². The van der Waals surface area contributed by atoms with Crippen molar-refractivity contribution in [1.29, 1.82) is 0 Å². The van der Waals surface area contributed by atoms with Crippen molar-refractivity contribution in [2.75, 3.05) is 6.61 Å².